The van der Waals surface area contributed by atoms with Crippen LogP contribution in [0.3, 0.4) is 0 Å². The molecule has 6 nitrogen and oxygen atoms in total. The molecule has 0 unspecified atom stereocenters. The number of carbonyl (C=O) groups is 2. The van der Waals surface area contributed by atoms with E-state index in [2.05, 4.69) is 10.3 Å². The van der Waals surface area contributed by atoms with Crippen molar-refractivity contribution in [2.24, 2.45) is 0 Å². The number of nitrogens with one attached hydrogen (secondary N) is 1. The molecule has 0 saturated carbocycles. The zero-order chi connectivity index (χ0) is 17.9. The Kier molecular flexibility index (Phi) is 7.43. The van der Waals surface area contributed by atoms with E-state index in [1.54, 1.807) is 18.3 Å². The number of ether oxygens (including phenoxy) is 1. The minimum atomic E-state index is -0.788. The average molecular weight is 342 g/mol. The summed E-state index contributed by atoms with van der Waals surface area (Å²) in [4.78, 5) is 26.7. The molecule has 0 saturated heterocycles. The van der Waals surface area contributed by atoms with E-state index < -0.39 is 5.97 Å². The minimum Gasteiger partial charge on any atom is -0.481 e. The fraction of sp³-hybridized carbons (Fsp3) is 0.316. The molecule has 0 aliphatic heterocycles. The number of hydrogen-bond donors (Lipinski definition) is 2. The number of unbranched alkanes of at least 4 members (excludes halogenated alkanes) is 2. The lowest BCUT2D eigenvalue weighted by molar-refractivity contribution is -0.137. The Bertz CT molecular complexity index is 689. The summed E-state index contributed by atoms with van der Waals surface area (Å²) in [6.45, 7) is 0.906. The number of carboxylic acid groups (broad SMARTS) is 1. The summed E-state index contributed by atoms with van der Waals surface area (Å²) >= 11 is 0. The number of amides is 1. The van der Waals surface area contributed by atoms with Gasteiger partial charge >= 0.3 is 5.97 Å². The first kappa shape index (κ1) is 18.4. The van der Waals surface area contributed by atoms with E-state index in [4.69, 9.17) is 9.84 Å². The first-order valence-electron chi connectivity index (χ1n) is 8.28. The molecule has 0 aliphatic rings. The predicted octanol–water partition coefficient (Wildman–Crippen LogP) is 3.04. The summed E-state index contributed by atoms with van der Waals surface area (Å²) in [6, 6.07) is 13.0. The molecular weight excluding hydrogens is 320 g/mol. The second kappa shape index (κ2) is 10.1. The number of pyridine rings is 1. The molecule has 2 rings (SSSR count). The molecule has 25 heavy (non-hydrogen) atoms. The molecule has 1 heterocycles. The topological polar surface area (TPSA) is 88.5 Å². The molecule has 0 radical (unpaired) electrons. The standard InChI is InChI=1S/C19H22N2O4/c22-18(23)9-5-2-6-11-21-19(24)16-10-12-20-17(13-16)25-14-15-7-3-1-4-8-15/h1,3-4,7-8,10,12-13H,2,5-6,9,11,14H2,(H,21,24)(H,22,23). The summed E-state index contributed by atoms with van der Waals surface area (Å²) in [5.74, 6) is -0.577. The highest BCUT2D eigenvalue weighted by Gasteiger charge is 2.07. The van der Waals surface area contributed by atoms with E-state index >= 15 is 0 Å². The molecule has 2 aromatic rings. The second-order valence-electron chi connectivity index (χ2n) is 5.62. The van der Waals surface area contributed by atoms with Crippen molar-refractivity contribution >= 4 is 11.9 Å². The lowest BCUT2D eigenvalue weighted by atomic mass is 10.2. The molecule has 1 amide bonds. The van der Waals surface area contributed by atoms with Crippen molar-refractivity contribution in [1.82, 2.24) is 10.3 Å². The monoisotopic (exact) mass is 342 g/mol. The number of aliphatic carboxylic acids is 1. The highest BCUT2D eigenvalue weighted by atomic mass is 16.5. The van der Waals surface area contributed by atoms with Crippen LogP contribution in [0.1, 0.15) is 41.6 Å². The Morgan fingerprint density at radius 1 is 1.08 bits per heavy atom. The summed E-state index contributed by atoms with van der Waals surface area (Å²) in [6.07, 6.45) is 3.86. The molecule has 2 N–H and O–H groups in total. The third kappa shape index (κ3) is 7.03. The van der Waals surface area contributed by atoms with Crippen molar-refractivity contribution in [3.8, 4) is 5.88 Å². The van der Waals surface area contributed by atoms with Crippen molar-refractivity contribution in [1.29, 1.82) is 0 Å². The molecular formula is C19H22N2O4. The van der Waals surface area contributed by atoms with Crippen LogP contribution in [0.5, 0.6) is 5.88 Å². The lowest BCUT2D eigenvalue weighted by Crippen LogP contribution is -2.24. The summed E-state index contributed by atoms with van der Waals surface area (Å²) < 4.78 is 5.62. The van der Waals surface area contributed by atoms with Crippen LogP contribution in [0.25, 0.3) is 0 Å². The molecule has 0 bridgehead atoms. The van der Waals surface area contributed by atoms with Gasteiger partial charge in [-0.05, 0) is 24.5 Å². The van der Waals surface area contributed by atoms with E-state index in [-0.39, 0.29) is 12.3 Å². The maximum atomic E-state index is 12.1. The number of rotatable bonds is 10. The van der Waals surface area contributed by atoms with E-state index in [9.17, 15) is 9.59 Å². The van der Waals surface area contributed by atoms with Gasteiger partial charge in [0.25, 0.3) is 5.91 Å². The number of benzene rings is 1. The fourth-order valence-electron chi connectivity index (χ4n) is 2.24. The van der Waals surface area contributed by atoms with Crippen molar-refractivity contribution < 1.29 is 19.4 Å². The van der Waals surface area contributed by atoms with Crippen LogP contribution >= 0.6 is 0 Å². The van der Waals surface area contributed by atoms with Gasteiger partial charge in [0, 0.05) is 30.8 Å². The summed E-state index contributed by atoms with van der Waals surface area (Å²) in [7, 11) is 0. The molecule has 132 valence electrons. The molecule has 0 aliphatic carbocycles. The van der Waals surface area contributed by atoms with Gasteiger partial charge in [-0.25, -0.2) is 4.98 Å². The van der Waals surface area contributed by atoms with E-state index in [1.807, 2.05) is 30.3 Å². The molecule has 0 fully saturated rings. The highest BCUT2D eigenvalue weighted by molar-refractivity contribution is 5.94. The third-order valence-corrected chi connectivity index (χ3v) is 3.58. The Morgan fingerprint density at radius 3 is 2.64 bits per heavy atom. The van der Waals surface area contributed by atoms with Crippen molar-refractivity contribution in [2.45, 2.75) is 32.3 Å². The normalized spacial score (nSPS) is 10.2. The first-order valence-corrected chi connectivity index (χ1v) is 8.28. The minimum absolute atomic E-state index is 0.167. The number of nitrogens with zero attached hydrogens (tertiary/aromatic N) is 1. The van der Waals surface area contributed by atoms with Gasteiger partial charge in [-0.2, -0.15) is 0 Å². The molecule has 6 heteroatoms. The SMILES string of the molecule is O=C(O)CCCCCNC(=O)c1ccnc(OCc2ccccc2)c1. The average Bonchev–Trinajstić information content (AvgIpc) is 2.63. The van der Waals surface area contributed by atoms with Crippen molar-refractivity contribution in [2.75, 3.05) is 6.54 Å². The number of aromatic nitrogens is 1. The van der Waals surface area contributed by atoms with Crippen LogP contribution in [0.2, 0.25) is 0 Å². The van der Waals surface area contributed by atoms with E-state index in [1.165, 1.54) is 0 Å². The van der Waals surface area contributed by atoms with Gasteiger partial charge in [0.1, 0.15) is 6.61 Å². The van der Waals surface area contributed by atoms with Crippen molar-refractivity contribution in [3.63, 3.8) is 0 Å². The van der Waals surface area contributed by atoms with E-state index in [0.29, 0.717) is 31.0 Å². The van der Waals surface area contributed by atoms with Gasteiger partial charge < -0.3 is 15.2 Å². The maximum Gasteiger partial charge on any atom is 0.303 e. The Balaban J connectivity index is 1.75. The highest BCUT2D eigenvalue weighted by Crippen LogP contribution is 2.12. The van der Waals surface area contributed by atoms with Crippen LogP contribution in [-0.4, -0.2) is 28.5 Å². The Morgan fingerprint density at radius 2 is 1.88 bits per heavy atom. The fourth-order valence-corrected chi connectivity index (χ4v) is 2.24. The zero-order valence-corrected chi connectivity index (χ0v) is 14.0. The number of carbonyl (C=O) groups excluding carboxylic acids is 1. The van der Waals surface area contributed by atoms with Gasteiger partial charge in [0.15, 0.2) is 0 Å². The molecule has 0 atom stereocenters. The molecule has 1 aromatic heterocycles. The lowest BCUT2D eigenvalue weighted by Gasteiger charge is -2.08. The quantitative estimate of drug-likeness (QED) is 0.648. The summed E-state index contributed by atoms with van der Waals surface area (Å²) in [5.41, 5.74) is 1.52. The van der Waals surface area contributed by atoms with Crippen LogP contribution in [0.4, 0.5) is 0 Å². The third-order valence-electron chi connectivity index (χ3n) is 3.58. The van der Waals surface area contributed by atoms with Gasteiger partial charge in [-0.15, -0.1) is 0 Å². The van der Waals surface area contributed by atoms with Crippen LogP contribution in [-0.2, 0) is 11.4 Å². The van der Waals surface area contributed by atoms with Crippen LogP contribution in [0.15, 0.2) is 48.7 Å². The van der Waals surface area contributed by atoms with Gasteiger partial charge in [-0.1, -0.05) is 36.8 Å². The predicted molar refractivity (Wildman–Crippen MR) is 93.4 cm³/mol. The zero-order valence-electron chi connectivity index (χ0n) is 14.0. The second-order valence-corrected chi connectivity index (χ2v) is 5.62. The largest absolute Gasteiger partial charge is 0.481 e. The van der Waals surface area contributed by atoms with Gasteiger partial charge in [-0.3, -0.25) is 9.59 Å². The Hall–Kier alpha value is -2.89. The smallest absolute Gasteiger partial charge is 0.303 e. The number of carboxylic acids is 1. The van der Waals surface area contributed by atoms with Crippen LogP contribution in [0, 0.1) is 0 Å². The van der Waals surface area contributed by atoms with Crippen LogP contribution < -0.4 is 10.1 Å². The maximum absolute atomic E-state index is 12.1. The number of hydrogen-bond acceptors (Lipinski definition) is 4. The molecule has 1 aromatic carbocycles. The Labute approximate surface area is 146 Å². The first-order chi connectivity index (χ1) is 12.1. The van der Waals surface area contributed by atoms with Crippen molar-refractivity contribution in [3.05, 3.63) is 59.8 Å². The summed E-state index contributed by atoms with van der Waals surface area (Å²) in [5, 5.41) is 11.4. The van der Waals surface area contributed by atoms with Gasteiger partial charge in [0.2, 0.25) is 5.88 Å². The molecule has 0 spiro atoms. The van der Waals surface area contributed by atoms with E-state index in [0.717, 1.165) is 18.4 Å². The van der Waals surface area contributed by atoms with Gasteiger partial charge in [0.05, 0.1) is 0 Å².